The molecule has 2 aromatic heterocycles. The number of hydrogen-bond acceptors (Lipinski definition) is 3. The van der Waals surface area contributed by atoms with Crippen molar-refractivity contribution >= 4 is 17.4 Å². The molecule has 1 N–H and O–H groups in total. The van der Waals surface area contributed by atoms with Crippen molar-refractivity contribution in [2.45, 2.75) is 26.6 Å². The fourth-order valence-electron chi connectivity index (χ4n) is 2.49. The van der Waals surface area contributed by atoms with Crippen LogP contribution in [0.15, 0.2) is 24.4 Å². The molecule has 0 saturated carbocycles. The maximum Gasteiger partial charge on any atom is 0.406 e. The van der Waals surface area contributed by atoms with Crippen LogP contribution in [0.1, 0.15) is 21.7 Å². The molecule has 0 saturated heterocycles. The van der Waals surface area contributed by atoms with E-state index >= 15 is 0 Å². The van der Waals surface area contributed by atoms with E-state index < -0.39 is 18.6 Å². The molecule has 5 nitrogen and oxygen atoms in total. The zero-order valence-electron chi connectivity index (χ0n) is 13.9. The van der Waals surface area contributed by atoms with Crippen molar-refractivity contribution < 1.29 is 18.0 Å². The van der Waals surface area contributed by atoms with Crippen molar-refractivity contribution in [1.82, 2.24) is 9.55 Å². The molecular formula is C16H19F3N4O. The van der Waals surface area contributed by atoms with Crippen molar-refractivity contribution in [2.75, 3.05) is 24.3 Å². The Morgan fingerprint density at radius 1 is 1.33 bits per heavy atom. The number of alkyl halides is 3. The molecule has 0 fully saturated rings. The molecule has 0 aliphatic heterocycles. The molecule has 2 heterocycles. The standard InChI is InChI=1S/C16H19F3N4O/c1-10-8-12(11(2)23(10)9-16(17,18)19)15(24)21-13-6-5-7-20-14(13)22(3)4/h5-8H,9H2,1-4H3,(H,21,24). The van der Waals surface area contributed by atoms with Gasteiger partial charge in [0, 0.05) is 31.7 Å². The predicted molar refractivity (Wildman–Crippen MR) is 86.5 cm³/mol. The molecule has 0 atom stereocenters. The number of aromatic nitrogens is 2. The van der Waals surface area contributed by atoms with Crippen LogP contribution < -0.4 is 10.2 Å². The molecule has 1 amide bonds. The fraction of sp³-hybridized carbons (Fsp3) is 0.375. The van der Waals surface area contributed by atoms with Crippen LogP contribution in [0.5, 0.6) is 0 Å². The highest BCUT2D eigenvalue weighted by Gasteiger charge is 2.30. The molecule has 0 aromatic carbocycles. The van der Waals surface area contributed by atoms with Crippen LogP contribution in [-0.2, 0) is 6.54 Å². The van der Waals surface area contributed by atoms with E-state index in [0.717, 1.165) is 4.57 Å². The lowest BCUT2D eigenvalue weighted by Gasteiger charge is -2.16. The molecular weight excluding hydrogens is 321 g/mol. The van der Waals surface area contributed by atoms with Gasteiger partial charge in [0.25, 0.3) is 5.91 Å². The van der Waals surface area contributed by atoms with E-state index in [9.17, 15) is 18.0 Å². The zero-order chi connectivity index (χ0) is 18.1. The Bertz CT molecular complexity index is 750. The average Bonchev–Trinajstić information content (AvgIpc) is 2.74. The lowest BCUT2D eigenvalue weighted by atomic mass is 10.2. The van der Waals surface area contributed by atoms with Gasteiger partial charge in [-0.3, -0.25) is 4.79 Å². The van der Waals surface area contributed by atoms with E-state index in [2.05, 4.69) is 10.3 Å². The molecule has 0 aliphatic carbocycles. The van der Waals surface area contributed by atoms with Crippen molar-refractivity contribution in [3.8, 4) is 0 Å². The van der Waals surface area contributed by atoms with E-state index in [1.165, 1.54) is 13.0 Å². The summed E-state index contributed by atoms with van der Waals surface area (Å²) in [7, 11) is 3.57. The van der Waals surface area contributed by atoms with E-state index in [4.69, 9.17) is 0 Å². The van der Waals surface area contributed by atoms with Crippen molar-refractivity contribution in [3.05, 3.63) is 41.3 Å². The average molecular weight is 340 g/mol. The van der Waals surface area contributed by atoms with Gasteiger partial charge in [-0.1, -0.05) is 0 Å². The number of anilines is 2. The number of halogens is 3. The Labute approximate surface area is 138 Å². The summed E-state index contributed by atoms with van der Waals surface area (Å²) in [5.74, 6) is 0.0996. The van der Waals surface area contributed by atoms with Gasteiger partial charge in [0.2, 0.25) is 0 Å². The van der Waals surface area contributed by atoms with Crippen LogP contribution in [0.3, 0.4) is 0 Å². The highest BCUT2D eigenvalue weighted by molar-refractivity contribution is 6.06. The Balaban J connectivity index is 2.30. The maximum absolute atomic E-state index is 12.7. The Hall–Kier alpha value is -2.51. The minimum atomic E-state index is -4.34. The number of pyridine rings is 1. The number of rotatable bonds is 4. The number of nitrogens with zero attached hydrogens (tertiary/aromatic N) is 3. The zero-order valence-corrected chi connectivity index (χ0v) is 13.9. The van der Waals surface area contributed by atoms with Crippen LogP contribution in [0, 0.1) is 13.8 Å². The summed E-state index contributed by atoms with van der Waals surface area (Å²) < 4.78 is 39.1. The predicted octanol–water partition coefficient (Wildman–Crippen LogP) is 3.38. The van der Waals surface area contributed by atoms with Gasteiger partial charge in [-0.15, -0.1) is 0 Å². The Kier molecular flexibility index (Phi) is 4.86. The van der Waals surface area contributed by atoms with Gasteiger partial charge in [-0.25, -0.2) is 4.98 Å². The lowest BCUT2D eigenvalue weighted by molar-refractivity contribution is -0.141. The number of amides is 1. The van der Waals surface area contributed by atoms with Crippen LogP contribution >= 0.6 is 0 Å². The second kappa shape index (κ2) is 6.54. The van der Waals surface area contributed by atoms with Crippen molar-refractivity contribution in [1.29, 1.82) is 0 Å². The summed E-state index contributed by atoms with van der Waals surface area (Å²) in [6.45, 7) is 1.93. The molecule has 0 bridgehead atoms. The molecule has 8 heteroatoms. The first-order valence-corrected chi connectivity index (χ1v) is 7.27. The van der Waals surface area contributed by atoms with Crippen LogP contribution in [-0.4, -0.2) is 35.7 Å². The SMILES string of the molecule is Cc1cc(C(=O)Nc2cccnc2N(C)C)c(C)n1CC(F)(F)F. The van der Waals surface area contributed by atoms with E-state index in [-0.39, 0.29) is 11.3 Å². The minimum Gasteiger partial charge on any atom is -0.361 e. The summed E-state index contributed by atoms with van der Waals surface area (Å²) in [5.41, 5.74) is 1.37. The van der Waals surface area contributed by atoms with Gasteiger partial charge in [0.1, 0.15) is 6.54 Å². The number of carbonyl (C=O) groups is 1. The summed E-state index contributed by atoms with van der Waals surface area (Å²) in [6, 6.07) is 4.83. The van der Waals surface area contributed by atoms with Crippen molar-refractivity contribution in [3.63, 3.8) is 0 Å². The van der Waals surface area contributed by atoms with Crippen molar-refractivity contribution in [2.24, 2.45) is 0 Å². The lowest BCUT2D eigenvalue weighted by Crippen LogP contribution is -2.21. The summed E-state index contributed by atoms with van der Waals surface area (Å²) in [6.07, 6.45) is -2.75. The minimum absolute atomic E-state index is 0.213. The molecule has 0 radical (unpaired) electrons. The first-order chi connectivity index (χ1) is 11.1. The fourth-order valence-corrected chi connectivity index (χ4v) is 2.49. The topological polar surface area (TPSA) is 50.2 Å². The maximum atomic E-state index is 12.7. The third kappa shape index (κ3) is 3.87. The Morgan fingerprint density at radius 2 is 2.00 bits per heavy atom. The largest absolute Gasteiger partial charge is 0.406 e. The van der Waals surface area contributed by atoms with Gasteiger partial charge in [0.05, 0.1) is 11.3 Å². The third-order valence-electron chi connectivity index (χ3n) is 3.61. The molecule has 0 spiro atoms. The quantitative estimate of drug-likeness (QED) is 0.928. The highest BCUT2D eigenvalue weighted by atomic mass is 19.4. The van der Waals surface area contributed by atoms with E-state index in [1.54, 1.807) is 44.2 Å². The monoisotopic (exact) mass is 340 g/mol. The normalized spacial score (nSPS) is 11.5. The number of aryl methyl sites for hydroxylation is 1. The summed E-state index contributed by atoms with van der Waals surface area (Å²) in [5, 5.41) is 2.71. The van der Waals surface area contributed by atoms with E-state index in [0.29, 0.717) is 17.2 Å². The molecule has 0 aliphatic rings. The van der Waals surface area contributed by atoms with Gasteiger partial charge in [-0.2, -0.15) is 13.2 Å². The van der Waals surface area contributed by atoms with E-state index in [1.807, 2.05) is 0 Å². The highest BCUT2D eigenvalue weighted by Crippen LogP contribution is 2.25. The first kappa shape index (κ1) is 17.8. The Morgan fingerprint density at radius 3 is 2.58 bits per heavy atom. The molecule has 0 unspecified atom stereocenters. The molecule has 24 heavy (non-hydrogen) atoms. The van der Waals surface area contributed by atoms with Gasteiger partial charge in [0.15, 0.2) is 5.82 Å². The number of carbonyl (C=O) groups excluding carboxylic acids is 1. The summed E-state index contributed by atoms with van der Waals surface area (Å²) >= 11 is 0. The second-order valence-electron chi connectivity index (χ2n) is 5.71. The smallest absolute Gasteiger partial charge is 0.361 e. The van der Waals surface area contributed by atoms with Gasteiger partial charge >= 0.3 is 6.18 Å². The molecule has 130 valence electrons. The molecule has 2 aromatic rings. The van der Waals surface area contributed by atoms with Crippen LogP contribution in [0.25, 0.3) is 0 Å². The number of hydrogen-bond donors (Lipinski definition) is 1. The number of nitrogens with one attached hydrogen (secondary N) is 1. The first-order valence-electron chi connectivity index (χ1n) is 7.27. The van der Waals surface area contributed by atoms with Gasteiger partial charge in [-0.05, 0) is 32.0 Å². The third-order valence-corrected chi connectivity index (χ3v) is 3.61. The van der Waals surface area contributed by atoms with Crippen LogP contribution in [0.2, 0.25) is 0 Å². The second-order valence-corrected chi connectivity index (χ2v) is 5.71. The molecule has 2 rings (SSSR count). The summed E-state index contributed by atoms with van der Waals surface area (Å²) in [4.78, 5) is 18.4. The van der Waals surface area contributed by atoms with Crippen LogP contribution in [0.4, 0.5) is 24.7 Å². The van der Waals surface area contributed by atoms with Gasteiger partial charge < -0.3 is 14.8 Å².